The number of ether oxygens (including phenoxy) is 1. The Morgan fingerprint density at radius 1 is 1.03 bits per heavy atom. The van der Waals surface area contributed by atoms with Crippen LogP contribution in [-0.2, 0) is 33.8 Å². The molecule has 2 heterocycles. The van der Waals surface area contributed by atoms with Crippen molar-refractivity contribution in [2.45, 2.75) is 39.3 Å². The molecule has 4 rings (SSSR count). The number of carbonyl (C=O) groups is 3. The summed E-state index contributed by atoms with van der Waals surface area (Å²) in [4.78, 5) is 48.8. The number of nitrogens with zero attached hydrogens (tertiary/aromatic N) is 2. The third kappa shape index (κ3) is 4.14. The molecule has 31 heavy (non-hydrogen) atoms. The van der Waals surface area contributed by atoms with Gasteiger partial charge in [-0.25, -0.2) is 4.79 Å². The van der Waals surface area contributed by atoms with E-state index in [0.717, 1.165) is 23.0 Å². The summed E-state index contributed by atoms with van der Waals surface area (Å²) in [6.45, 7) is 2.40. The van der Waals surface area contributed by atoms with Gasteiger partial charge >= 0.3 is 11.7 Å². The number of hydrogen-bond acceptors (Lipinski definition) is 5. The minimum Gasteiger partial charge on any atom is -0.457 e. The van der Waals surface area contributed by atoms with Crippen molar-refractivity contribution in [3.63, 3.8) is 0 Å². The summed E-state index contributed by atoms with van der Waals surface area (Å²) in [6, 6.07) is 12.4. The lowest BCUT2D eigenvalue weighted by Crippen LogP contribution is -2.25. The van der Waals surface area contributed by atoms with Crippen LogP contribution in [0.1, 0.15) is 35.7 Å². The number of nitrogens with one attached hydrogen (secondary N) is 1. The number of aromatic nitrogens is 2. The Hall–Kier alpha value is -3.68. The number of rotatable bonds is 8. The van der Waals surface area contributed by atoms with Crippen molar-refractivity contribution in [3.05, 3.63) is 64.1 Å². The van der Waals surface area contributed by atoms with E-state index in [1.165, 1.54) is 0 Å². The number of carbonyl (C=O) groups excluding carboxylic acids is 3. The molecule has 160 valence electrons. The molecule has 1 aliphatic rings. The quantitative estimate of drug-likeness (QED) is 0.445. The number of fused-ring (bicyclic) bond motifs is 2. The maximum absolute atomic E-state index is 12.7. The van der Waals surface area contributed by atoms with E-state index in [0.29, 0.717) is 17.8 Å². The maximum atomic E-state index is 12.7. The van der Waals surface area contributed by atoms with Crippen LogP contribution in [0, 0.1) is 0 Å². The van der Waals surface area contributed by atoms with Gasteiger partial charge < -0.3 is 10.1 Å². The number of ketones is 1. The highest BCUT2D eigenvalue weighted by Gasteiger charge is 2.20. The van der Waals surface area contributed by atoms with Gasteiger partial charge in [0, 0.05) is 24.3 Å². The van der Waals surface area contributed by atoms with E-state index in [9.17, 15) is 19.2 Å². The predicted octanol–water partition coefficient (Wildman–Crippen LogP) is 2.52. The van der Waals surface area contributed by atoms with Crippen LogP contribution in [0.2, 0.25) is 0 Å². The van der Waals surface area contributed by atoms with Gasteiger partial charge in [-0.3, -0.25) is 23.5 Å². The van der Waals surface area contributed by atoms with Gasteiger partial charge in [0.1, 0.15) is 0 Å². The summed E-state index contributed by atoms with van der Waals surface area (Å²) in [5.41, 5.74) is 3.29. The highest BCUT2D eigenvalue weighted by atomic mass is 16.5. The fourth-order valence-corrected chi connectivity index (χ4v) is 3.84. The number of aryl methyl sites for hydroxylation is 2. The molecule has 0 unspecified atom stereocenters. The van der Waals surface area contributed by atoms with Crippen LogP contribution in [0.15, 0.2) is 47.3 Å². The predicted molar refractivity (Wildman–Crippen MR) is 115 cm³/mol. The average Bonchev–Trinajstić information content (AvgIpc) is 3.27. The number of Topliss-reactive ketones (excluding diaryl/α,β-unsaturated/α-hetero) is 1. The van der Waals surface area contributed by atoms with Crippen LogP contribution in [0.4, 0.5) is 5.69 Å². The first-order valence-corrected chi connectivity index (χ1v) is 10.3. The third-order valence-corrected chi connectivity index (χ3v) is 5.33. The zero-order valence-corrected chi connectivity index (χ0v) is 17.2. The second-order valence-corrected chi connectivity index (χ2v) is 7.51. The van der Waals surface area contributed by atoms with E-state index in [4.69, 9.17) is 4.74 Å². The molecule has 0 bridgehead atoms. The fourth-order valence-electron chi connectivity index (χ4n) is 3.84. The Bertz CT molecular complexity index is 1240. The standard InChI is InChI=1S/C23H23N3O5/c1-2-10-25-18-5-3-4-6-19(18)26(23(25)30)11-9-22(29)31-14-20(27)15-7-8-17-16(12-15)13-21(28)24-17/h3-8,12H,2,9-11,13-14H2,1H3,(H,24,28). The van der Waals surface area contributed by atoms with Crippen LogP contribution in [0.25, 0.3) is 11.0 Å². The van der Waals surface area contributed by atoms with Crippen molar-refractivity contribution < 1.29 is 19.1 Å². The Morgan fingerprint density at radius 3 is 2.45 bits per heavy atom. The number of benzene rings is 2. The van der Waals surface area contributed by atoms with Gasteiger partial charge in [0.05, 0.1) is 23.9 Å². The first-order chi connectivity index (χ1) is 15.0. The SMILES string of the molecule is CCCn1c(=O)n(CCC(=O)OCC(=O)c2ccc3c(c2)CC(=O)N3)c2ccccc21. The fraction of sp³-hybridized carbons (Fsp3) is 0.304. The Kier molecular flexibility index (Phi) is 5.70. The van der Waals surface area contributed by atoms with E-state index in [1.54, 1.807) is 27.3 Å². The van der Waals surface area contributed by atoms with Crippen LogP contribution in [0.5, 0.6) is 0 Å². The van der Waals surface area contributed by atoms with Gasteiger partial charge in [0.15, 0.2) is 12.4 Å². The van der Waals surface area contributed by atoms with Crippen molar-refractivity contribution in [2.75, 3.05) is 11.9 Å². The average molecular weight is 421 g/mol. The smallest absolute Gasteiger partial charge is 0.329 e. The summed E-state index contributed by atoms with van der Waals surface area (Å²) in [7, 11) is 0. The molecule has 8 heteroatoms. The largest absolute Gasteiger partial charge is 0.457 e. The zero-order valence-electron chi connectivity index (χ0n) is 17.2. The van der Waals surface area contributed by atoms with Crippen LogP contribution >= 0.6 is 0 Å². The summed E-state index contributed by atoms with van der Waals surface area (Å²) < 4.78 is 8.41. The van der Waals surface area contributed by atoms with Crippen LogP contribution in [0.3, 0.4) is 0 Å². The lowest BCUT2D eigenvalue weighted by atomic mass is 10.1. The van der Waals surface area contributed by atoms with Gasteiger partial charge in [0.25, 0.3) is 0 Å². The molecule has 0 saturated heterocycles. The van der Waals surface area contributed by atoms with Gasteiger partial charge in [0.2, 0.25) is 5.91 Å². The number of anilines is 1. The zero-order chi connectivity index (χ0) is 22.0. The molecular formula is C23H23N3O5. The highest BCUT2D eigenvalue weighted by molar-refractivity contribution is 6.02. The number of amides is 1. The Morgan fingerprint density at radius 2 is 1.74 bits per heavy atom. The Balaban J connectivity index is 1.38. The van der Waals surface area contributed by atoms with Crippen molar-refractivity contribution in [1.82, 2.24) is 9.13 Å². The molecule has 8 nitrogen and oxygen atoms in total. The first-order valence-electron chi connectivity index (χ1n) is 10.3. The molecule has 1 N–H and O–H groups in total. The molecule has 0 saturated carbocycles. The molecule has 1 amide bonds. The highest BCUT2D eigenvalue weighted by Crippen LogP contribution is 2.24. The van der Waals surface area contributed by atoms with Crippen molar-refractivity contribution in [1.29, 1.82) is 0 Å². The maximum Gasteiger partial charge on any atom is 0.329 e. The van der Waals surface area contributed by atoms with E-state index in [2.05, 4.69) is 5.32 Å². The topological polar surface area (TPSA) is 99.4 Å². The van der Waals surface area contributed by atoms with E-state index < -0.39 is 5.97 Å². The van der Waals surface area contributed by atoms with E-state index in [1.807, 2.05) is 31.2 Å². The molecule has 3 aromatic rings. The minimum absolute atomic E-state index is 0.0179. The third-order valence-electron chi connectivity index (χ3n) is 5.33. The van der Waals surface area contributed by atoms with Gasteiger partial charge in [-0.1, -0.05) is 19.1 Å². The second-order valence-electron chi connectivity index (χ2n) is 7.51. The summed E-state index contributed by atoms with van der Waals surface area (Å²) >= 11 is 0. The minimum atomic E-state index is -0.550. The molecular weight excluding hydrogens is 398 g/mol. The number of para-hydroxylation sites is 2. The van der Waals surface area contributed by atoms with Gasteiger partial charge in [-0.15, -0.1) is 0 Å². The van der Waals surface area contributed by atoms with Gasteiger partial charge in [-0.05, 0) is 42.3 Å². The molecule has 0 atom stereocenters. The van der Waals surface area contributed by atoms with Crippen LogP contribution < -0.4 is 11.0 Å². The number of imidazole rings is 1. The summed E-state index contributed by atoms with van der Waals surface area (Å²) in [5, 5.41) is 2.71. The monoisotopic (exact) mass is 421 g/mol. The van der Waals surface area contributed by atoms with E-state index >= 15 is 0 Å². The molecule has 0 radical (unpaired) electrons. The Labute approximate surface area is 178 Å². The lowest BCUT2D eigenvalue weighted by Gasteiger charge is -2.07. The second kappa shape index (κ2) is 8.59. The lowest BCUT2D eigenvalue weighted by molar-refractivity contribution is -0.142. The normalized spacial score (nSPS) is 12.6. The molecule has 1 aromatic heterocycles. The van der Waals surface area contributed by atoms with Gasteiger partial charge in [-0.2, -0.15) is 0 Å². The molecule has 0 aliphatic carbocycles. The van der Waals surface area contributed by atoms with Crippen molar-refractivity contribution in [2.24, 2.45) is 0 Å². The van der Waals surface area contributed by atoms with Crippen molar-refractivity contribution >= 4 is 34.4 Å². The van der Waals surface area contributed by atoms with Crippen LogP contribution in [-0.4, -0.2) is 33.4 Å². The summed E-state index contributed by atoms with van der Waals surface area (Å²) in [6.07, 6.45) is 1.04. The molecule has 0 spiro atoms. The van der Waals surface area contributed by atoms with Crippen molar-refractivity contribution in [3.8, 4) is 0 Å². The first kappa shape index (κ1) is 20.6. The summed E-state index contributed by atoms with van der Waals surface area (Å²) in [5.74, 6) is -1.00. The molecule has 2 aromatic carbocycles. The molecule has 0 fully saturated rings. The van der Waals surface area contributed by atoms with E-state index in [-0.39, 0.29) is 43.4 Å². The molecule has 1 aliphatic heterocycles. The number of hydrogen-bond donors (Lipinski definition) is 1. The number of esters is 1.